The fraction of sp³-hybridized carbons (Fsp3) is 0.0870. The molecule has 2 aromatic heterocycles. The molecule has 0 saturated carbocycles. The number of amides is 2. The van der Waals surface area contributed by atoms with Crippen molar-refractivity contribution in [3.8, 4) is 17.0 Å². The van der Waals surface area contributed by atoms with Crippen LogP contribution in [-0.2, 0) is 4.74 Å². The van der Waals surface area contributed by atoms with E-state index in [9.17, 15) is 9.59 Å². The minimum absolute atomic E-state index is 0.329. The molecule has 0 radical (unpaired) electrons. The van der Waals surface area contributed by atoms with Crippen molar-refractivity contribution < 1.29 is 19.1 Å². The number of nitrogens with zero attached hydrogens (tertiary/aromatic N) is 1. The SMILES string of the molecule is COC(=O)c1sccc1NC(=O)Nc1ccc2nc(-c3ccccc3)cc(OC)c2c1. The third kappa shape index (κ3) is 4.34. The molecule has 0 aliphatic heterocycles. The van der Waals surface area contributed by atoms with Crippen molar-refractivity contribution in [3.05, 3.63) is 70.9 Å². The molecule has 0 unspecified atom stereocenters. The van der Waals surface area contributed by atoms with Gasteiger partial charge >= 0.3 is 12.0 Å². The maximum Gasteiger partial charge on any atom is 0.350 e. The molecular weight excluding hydrogens is 414 g/mol. The van der Waals surface area contributed by atoms with Gasteiger partial charge < -0.3 is 20.1 Å². The second-order valence-electron chi connectivity index (χ2n) is 6.54. The number of carbonyl (C=O) groups excluding carboxylic acids is 2. The van der Waals surface area contributed by atoms with Crippen LogP contribution in [0.25, 0.3) is 22.2 Å². The molecule has 0 bridgehead atoms. The van der Waals surface area contributed by atoms with Crippen molar-refractivity contribution in [2.45, 2.75) is 0 Å². The Balaban J connectivity index is 1.59. The number of methoxy groups -OCH3 is 2. The van der Waals surface area contributed by atoms with Crippen LogP contribution in [0.15, 0.2) is 66.0 Å². The molecule has 0 aliphatic carbocycles. The van der Waals surface area contributed by atoms with E-state index < -0.39 is 12.0 Å². The van der Waals surface area contributed by atoms with E-state index in [1.54, 1.807) is 30.7 Å². The van der Waals surface area contributed by atoms with Crippen LogP contribution in [0.3, 0.4) is 0 Å². The van der Waals surface area contributed by atoms with Crippen molar-refractivity contribution in [2.24, 2.45) is 0 Å². The van der Waals surface area contributed by atoms with E-state index in [0.29, 0.717) is 22.0 Å². The van der Waals surface area contributed by atoms with E-state index in [0.717, 1.165) is 22.2 Å². The Hall–Kier alpha value is -3.91. The van der Waals surface area contributed by atoms with Crippen LogP contribution in [0.5, 0.6) is 5.75 Å². The van der Waals surface area contributed by atoms with E-state index in [1.807, 2.05) is 42.5 Å². The van der Waals surface area contributed by atoms with Gasteiger partial charge in [-0.05, 0) is 29.6 Å². The van der Waals surface area contributed by atoms with Crippen molar-refractivity contribution in [1.29, 1.82) is 0 Å². The number of urea groups is 1. The van der Waals surface area contributed by atoms with Gasteiger partial charge in [-0.2, -0.15) is 0 Å². The Kier molecular flexibility index (Phi) is 5.81. The summed E-state index contributed by atoms with van der Waals surface area (Å²) in [4.78, 5) is 29.3. The standard InChI is InChI=1S/C23H19N3O4S/c1-29-20-13-19(14-6-4-3-5-7-14)25-17-9-8-15(12-16(17)20)24-23(28)26-18-10-11-31-21(18)22(27)30-2/h3-13H,1-2H3,(H2,24,26,28). The van der Waals surface area contributed by atoms with E-state index in [4.69, 9.17) is 14.5 Å². The molecule has 156 valence electrons. The lowest BCUT2D eigenvalue weighted by molar-refractivity contribution is 0.0607. The summed E-state index contributed by atoms with van der Waals surface area (Å²) in [5.74, 6) is 0.153. The van der Waals surface area contributed by atoms with Gasteiger partial charge in [0.2, 0.25) is 0 Å². The lowest BCUT2D eigenvalue weighted by Gasteiger charge is -2.12. The number of hydrogen-bond acceptors (Lipinski definition) is 6. The molecular formula is C23H19N3O4S. The average Bonchev–Trinajstić information content (AvgIpc) is 3.26. The summed E-state index contributed by atoms with van der Waals surface area (Å²) in [6, 6.07) is 18.3. The number of benzene rings is 2. The molecule has 4 aromatic rings. The molecule has 4 rings (SSSR count). The summed E-state index contributed by atoms with van der Waals surface area (Å²) in [6.45, 7) is 0. The first-order valence-corrected chi connectivity index (χ1v) is 10.2. The van der Waals surface area contributed by atoms with E-state index in [1.165, 1.54) is 18.4 Å². The summed E-state index contributed by atoms with van der Waals surface area (Å²) in [7, 11) is 2.90. The van der Waals surface area contributed by atoms with Crippen molar-refractivity contribution in [3.63, 3.8) is 0 Å². The molecule has 31 heavy (non-hydrogen) atoms. The van der Waals surface area contributed by atoms with Crippen LogP contribution in [0.4, 0.5) is 16.2 Å². The molecule has 0 saturated heterocycles. The van der Waals surface area contributed by atoms with Gasteiger partial charge in [0.15, 0.2) is 0 Å². The van der Waals surface area contributed by atoms with Crippen LogP contribution >= 0.6 is 11.3 Å². The quantitative estimate of drug-likeness (QED) is 0.411. The van der Waals surface area contributed by atoms with Gasteiger partial charge in [-0.15, -0.1) is 11.3 Å². The summed E-state index contributed by atoms with van der Waals surface area (Å²) >= 11 is 1.19. The highest BCUT2D eigenvalue weighted by Crippen LogP contribution is 2.32. The third-order valence-corrected chi connectivity index (χ3v) is 5.50. The van der Waals surface area contributed by atoms with E-state index >= 15 is 0 Å². The number of esters is 1. The molecule has 7 nitrogen and oxygen atoms in total. The second kappa shape index (κ2) is 8.85. The Bertz CT molecular complexity index is 1250. The summed E-state index contributed by atoms with van der Waals surface area (Å²) in [5, 5.41) is 7.92. The number of pyridine rings is 1. The number of fused-ring (bicyclic) bond motifs is 1. The first kappa shape index (κ1) is 20.4. The van der Waals surface area contributed by atoms with Crippen LogP contribution in [-0.4, -0.2) is 31.2 Å². The monoisotopic (exact) mass is 433 g/mol. The minimum Gasteiger partial charge on any atom is -0.496 e. The number of carbonyl (C=O) groups is 2. The highest BCUT2D eigenvalue weighted by atomic mass is 32.1. The minimum atomic E-state index is -0.499. The smallest absolute Gasteiger partial charge is 0.350 e. The highest BCUT2D eigenvalue weighted by Gasteiger charge is 2.16. The van der Waals surface area contributed by atoms with E-state index in [2.05, 4.69) is 10.6 Å². The predicted octanol–water partition coefficient (Wildman–Crippen LogP) is 5.40. The third-order valence-electron chi connectivity index (χ3n) is 4.60. The van der Waals surface area contributed by atoms with Crippen LogP contribution in [0, 0.1) is 0 Å². The lowest BCUT2D eigenvalue weighted by Crippen LogP contribution is -2.20. The molecule has 2 amide bonds. The maximum absolute atomic E-state index is 12.5. The second-order valence-corrected chi connectivity index (χ2v) is 7.46. The van der Waals surface area contributed by atoms with Gasteiger partial charge in [0, 0.05) is 22.7 Å². The zero-order valence-electron chi connectivity index (χ0n) is 16.8. The number of ether oxygens (including phenoxy) is 2. The molecule has 0 spiro atoms. The van der Waals surface area contributed by atoms with Crippen molar-refractivity contribution in [1.82, 2.24) is 4.98 Å². The molecule has 2 N–H and O–H groups in total. The number of hydrogen-bond donors (Lipinski definition) is 2. The van der Waals surface area contributed by atoms with Crippen LogP contribution in [0.1, 0.15) is 9.67 Å². The summed E-state index contributed by atoms with van der Waals surface area (Å²) < 4.78 is 10.3. The zero-order valence-corrected chi connectivity index (χ0v) is 17.7. The summed E-state index contributed by atoms with van der Waals surface area (Å²) in [6.07, 6.45) is 0. The Morgan fingerprint density at radius 3 is 2.52 bits per heavy atom. The Morgan fingerprint density at radius 1 is 0.968 bits per heavy atom. The normalized spacial score (nSPS) is 10.5. The van der Waals surface area contributed by atoms with Gasteiger partial charge in [0.05, 0.1) is 31.1 Å². The number of anilines is 2. The van der Waals surface area contributed by atoms with Crippen molar-refractivity contribution >= 4 is 45.6 Å². The molecule has 0 aliphatic rings. The fourth-order valence-electron chi connectivity index (χ4n) is 3.14. The first-order valence-electron chi connectivity index (χ1n) is 9.37. The average molecular weight is 433 g/mol. The predicted molar refractivity (Wildman–Crippen MR) is 122 cm³/mol. The molecule has 8 heteroatoms. The molecule has 2 aromatic carbocycles. The van der Waals surface area contributed by atoms with Crippen LogP contribution in [0.2, 0.25) is 0 Å². The molecule has 2 heterocycles. The number of rotatable bonds is 5. The van der Waals surface area contributed by atoms with Gasteiger partial charge in [0.25, 0.3) is 0 Å². The Morgan fingerprint density at radius 2 is 1.77 bits per heavy atom. The van der Waals surface area contributed by atoms with Crippen LogP contribution < -0.4 is 15.4 Å². The Labute approximate surface area is 182 Å². The van der Waals surface area contributed by atoms with Gasteiger partial charge in [-0.1, -0.05) is 30.3 Å². The van der Waals surface area contributed by atoms with Crippen molar-refractivity contribution in [2.75, 3.05) is 24.9 Å². The fourth-order valence-corrected chi connectivity index (χ4v) is 3.91. The zero-order chi connectivity index (χ0) is 21.8. The topological polar surface area (TPSA) is 89.5 Å². The van der Waals surface area contributed by atoms with Gasteiger partial charge in [-0.25, -0.2) is 14.6 Å². The molecule has 0 atom stereocenters. The number of nitrogens with one attached hydrogen (secondary N) is 2. The lowest BCUT2D eigenvalue weighted by atomic mass is 10.1. The highest BCUT2D eigenvalue weighted by molar-refractivity contribution is 7.12. The number of thiophene rings is 1. The number of aromatic nitrogens is 1. The maximum atomic E-state index is 12.5. The summed E-state index contributed by atoms with van der Waals surface area (Å²) in [5.41, 5.74) is 3.49. The largest absolute Gasteiger partial charge is 0.496 e. The van der Waals surface area contributed by atoms with Gasteiger partial charge in [-0.3, -0.25) is 0 Å². The van der Waals surface area contributed by atoms with Gasteiger partial charge in [0.1, 0.15) is 10.6 Å². The molecule has 0 fully saturated rings. The first-order chi connectivity index (χ1) is 15.1. The van der Waals surface area contributed by atoms with E-state index in [-0.39, 0.29) is 0 Å².